The van der Waals surface area contributed by atoms with E-state index in [1.54, 1.807) is 6.07 Å². The van der Waals surface area contributed by atoms with Crippen molar-refractivity contribution < 1.29 is 19.4 Å². The first-order valence-electron chi connectivity index (χ1n) is 7.38. The van der Waals surface area contributed by atoms with Crippen LogP contribution >= 0.6 is 0 Å². The highest BCUT2D eigenvalue weighted by Gasteiger charge is 2.20. The van der Waals surface area contributed by atoms with Gasteiger partial charge in [0.15, 0.2) is 17.6 Å². The van der Waals surface area contributed by atoms with Gasteiger partial charge < -0.3 is 20.3 Å². The van der Waals surface area contributed by atoms with Gasteiger partial charge in [-0.05, 0) is 44.4 Å². The molecular formula is C16H25NO4. The zero-order chi connectivity index (χ0) is 15.8. The maximum absolute atomic E-state index is 11.2. The Labute approximate surface area is 126 Å². The predicted octanol–water partition coefficient (Wildman–Crippen LogP) is 2.61. The number of carbonyl (C=O) groups is 1. The summed E-state index contributed by atoms with van der Waals surface area (Å²) in [6.07, 6.45) is 1.08. The number of carboxylic acids is 1. The molecule has 0 aliphatic carbocycles. The van der Waals surface area contributed by atoms with Gasteiger partial charge in [-0.1, -0.05) is 19.4 Å². The van der Waals surface area contributed by atoms with E-state index in [9.17, 15) is 9.90 Å². The summed E-state index contributed by atoms with van der Waals surface area (Å²) in [4.78, 5) is 11.2. The highest BCUT2D eigenvalue weighted by atomic mass is 16.5. The molecule has 1 aromatic rings. The highest BCUT2D eigenvalue weighted by molar-refractivity contribution is 5.72. The quantitative estimate of drug-likeness (QED) is 0.732. The lowest BCUT2D eigenvalue weighted by Gasteiger charge is -2.18. The van der Waals surface area contributed by atoms with Crippen LogP contribution in [-0.2, 0) is 11.2 Å². The number of hydrogen-bond donors (Lipinski definition) is 2. The van der Waals surface area contributed by atoms with Gasteiger partial charge >= 0.3 is 5.97 Å². The molecule has 0 fully saturated rings. The molecule has 0 saturated carbocycles. The standard InChI is InChI=1S/C16H25NO4/c1-4-6-14(16(18)19)21-13-8-7-12(9-11(3)17)10-15(13)20-5-2/h7-8,10-11,14H,4-6,9,17H2,1-3H3,(H,18,19). The van der Waals surface area contributed by atoms with Gasteiger partial charge in [-0.25, -0.2) is 4.79 Å². The molecule has 0 aliphatic rings. The normalized spacial score (nSPS) is 13.5. The van der Waals surface area contributed by atoms with E-state index in [2.05, 4.69) is 0 Å². The van der Waals surface area contributed by atoms with Crippen LogP contribution in [0, 0.1) is 0 Å². The molecule has 0 spiro atoms. The van der Waals surface area contributed by atoms with Gasteiger partial charge in [-0.3, -0.25) is 0 Å². The minimum Gasteiger partial charge on any atom is -0.490 e. The maximum atomic E-state index is 11.2. The predicted molar refractivity (Wildman–Crippen MR) is 81.9 cm³/mol. The van der Waals surface area contributed by atoms with E-state index >= 15 is 0 Å². The van der Waals surface area contributed by atoms with E-state index < -0.39 is 12.1 Å². The summed E-state index contributed by atoms with van der Waals surface area (Å²) in [6.45, 7) is 6.23. The van der Waals surface area contributed by atoms with Crippen molar-refractivity contribution in [1.29, 1.82) is 0 Å². The van der Waals surface area contributed by atoms with Crippen LogP contribution in [0.4, 0.5) is 0 Å². The SMILES string of the molecule is CCCC(Oc1ccc(CC(C)N)cc1OCC)C(=O)O. The van der Waals surface area contributed by atoms with E-state index in [1.807, 2.05) is 32.9 Å². The first kappa shape index (κ1) is 17.3. The fourth-order valence-corrected chi connectivity index (χ4v) is 2.07. The van der Waals surface area contributed by atoms with Gasteiger partial charge in [-0.2, -0.15) is 0 Å². The Morgan fingerprint density at radius 2 is 2.05 bits per heavy atom. The number of benzene rings is 1. The van der Waals surface area contributed by atoms with Crippen molar-refractivity contribution in [2.45, 2.75) is 52.2 Å². The van der Waals surface area contributed by atoms with Crippen molar-refractivity contribution >= 4 is 5.97 Å². The molecule has 5 nitrogen and oxygen atoms in total. The Kier molecular flexibility index (Phi) is 7.02. The van der Waals surface area contributed by atoms with Crippen molar-refractivity contribution in [2.75, 3.05) is 6.61 Å². The summed E-state index contributed by atoms with van der Waals surface area (Å²) >= 11 is 0. The number of nitrogens with two attached hydrogens (primary N) is 1. The van der Waals surface area contributed by atoms with Crippen LogP contribution in [-0.4, -0.2) is 29.8 Å². The van der Waals surface area contributed by atoms with Crippen LogP contribution in [0.5, 0.6) is 11.5 Å². The molecule has 5 heteroatoms. The lowest BCUT2D eigenvalue weighted by Crippen LogP contribution is -2.27. The number of hydrogen-bond acceptors (Lipinski definition) is 4. The minimum absolute atomic E-state index is 0.0538. The van der Waals surface area contributed by atoms with Crippen molar-refractivity contribution in [1.82, 2.24) is 0 Å². The fourth-order valence-electron chi connectivity index (χ4n) is 2.07. The lowest BCUT2D eigenvalue weighted by atomic mass is 10.1. The molecule has 0 heterocycles. The molecule has 0 aliphatic heterocycles. The van der Waals surface area contributed by atoms with Gasteiger partial charge in [0.2, 0.25) is 0 Å². The summed E-state index contributed by atoms with van der Waals surface area (Å²) in [5.41, 5.74) is 6.84. The van der Waals surface area contributed by atoms with Gasteiger partial charge in [0.05, 0.1) is 6.61 Å². The summed E-state index contributed by atoms with van der Waals surface area (Å²) in [5.74, 6) is 0.0723. The molecule has 0 radical (unpaired) electrons. The molecule has 2 unspecified atom stereocenters. The molecule has 0 saturated heterocycles. The van der Waals surface area contributed by atoms with Gasteiger partial charge in [0, 0.05) is 6.04 Å². The van der Waals surface area contributed by atoms with E-state index in [0.29, 0.717) is 24.5 Å². The summed E-state index contributed by atoms with van der Waals surface area (Å²) in [7, 11) is 0. The van der Waals surface area contributed by atoms with Crippen LogP contribution in [0.25, 0.3) is 0 Å². The van der Waals surface area contributed by atoms with Crippen LogP contribution in [0.15, 0.2) is 18.2 Å². The van der Waals surface area contributed by atoms with Gasteiger partial charge in [0.1, 0.15) is 0 Å². The maximum Gasteiger partial charge on any atom is 0.344 e. The van der Waals surface area contributed by atoms with Crippen LogP contribution in [0.1, 0.15) is 39.2 Å². The van der Waals surface area contributed by atoms with Crippen LogP contribution < -0.4 is 15.2 Å². The molecular weight excluding hydrogens is 270 g/mol. The second-order valence-electron chi connectivity index (χ2n) is 5.13. The Morgan fingerprint density at radius 3 is 2.57 bits per heavy atom. The van der Waals surface area contributed by atoms with Crippen LogP contribution in [0.2, 0.25) is 0 Å². The summed E-state index contributed by atoms with van der Waals surface area (Å²) < 4.78 is 11.2. The Hall–Kier alpha value is -1.75. The fraction of sp³-hybridized carbons (Fsp3) is 0.562. The summed E-state index contributed by atoms with van der Waals surface area (Å²) in [5, 5.41) is 9.18. The number of carboxylic acid groups (broad SMARTS) is 1. The molecule has 118 valence electrons. The Balaban J connectivity index is 2.96. The van der Waals surface area contributed by atoms with Gasteiger partial charge in [0.25, 0.3) is 0 Å². The lowest BCUT2D eigenvalue weighted by molar-refractivity contribution is -0.145. The highest BCUT2D eigenvalue weighted by Crippen LogP contribution is 2.30. The van der Waals surface area contributed by atoms with Crippen molar-refractivity contribution in [3.05, 3.63) is 23.8 Å². The van der Waals surface area contributed by atoms with E-state index in [1.165, 1.54) is 0 Å². The molecule has 0 amide bonds. The van der Waals surface area contributed by atoms with Crippen molar-refractivity contribution in [2.24, 2.45) is 5.73 Å². The molecule has 3 N–H and O–H groups in total. The molecule has 0 bridgehead atoms. The Morgan fingerprint density at radius 1 is 1.33 bits per heavy atom. The van der Waals surface area contributed by atoms with E-state index in [0.717, 1.165) is 18.4 Å². The zero-order valence-electron chi connectivity index (χ0n) is 13.0. The molecule has 1 aromatic carbocycles. The molecule has 2 atom stereocenters. The first-order valence-corrected chi connectivity index (χ1v) is 7.38. The van der Waals surface area contributed by atoms with Crippen molar-refractivity contribution in [3.63, 3.8) is 0 Å². The topological polar surface area (TPSA) is 81.8 Å². The van der Waals surface area contributed by atoms with Crippen LogP contribution in [0.3, 0.4) is 0 Å². The second-order valence-corrected chi connectivity index (χ2v) is 5.13. The smallest absolute Gasteiger partial charge is 0.344 e. The average molecular weight is 295 g/mol. The largest absolute Gasteiger partial charge is 0.490 e. The molecule has 21 heavy (non-hydrogen) atoms. The summed E-state index contributed by atoms with van der Waals surface area (Å²) in [6, 6.07) is 5.58. The molecule has 1 rings (SSSR count). The van der Waals surface area contributed by atoms with Crippen molar-refractivity contribution in [3.8, 4) is 11.5 Å². The monoisotopic (exact) mass is 295 g/mol. The first-order chi connectivity index (χ1) is 9.97. The van der Waals surface area contributed by atoms with E-state index in [4.69, 9.17) is 15.2 Å². The third kappa shape index (κ3) is 5.63. The third-order valence-electron chi connectivity index (χ3n) is 2.96. The molecule has 0 aromatic heterocycles. The number of rotatable bonds is 9. The zero-order valence-corrected chi connectivity index (χ0v) is 13.0. The van der Waals surface area contributed by atoms with E-state index in [-0.39, 0.29) is 6.04 Å². The second kappa shape index (κ2) is 8.52. The average Bonchev–Trinajstić information content (AvgIpc) is 2.40. The minimum atomic E-state index is -0.959. The number of aliphatic carboxylic acids is 1. The number of ether oxygens (including phenoxy) is 2. The Bertz CT molecular complexity index is 460. The third-order valence-corrected chi connectivity index (χ3v) is 2.96. The van der Waals surface area contributed by atoms with Gasteiger partial charge in [-0.15, -0.1) is 0 Å².